The second kappa shape index (κ2) is 5.90. The molecule has 3 rings (SSSR count). The number of fused-ring (bicyclic) bond motifs is 1. The van der Waals surface area contributed by atoms with Gasteiger partial charge in [-0.2, -0.15) is 0 Å². The fourth-order valence-electron chi connectivity index (χ4n) is 2.63. The zero-order valence-corrected chi connectivity index (χ0v) is 14.6. The Bertz CT molecular complexity index is 791. The predicted molar refractivity (Wildman–Crippen MR) is 93.6 cm³/mol. The van der Waals surface area contributed by atoms with Gasteiger partial charge in [0, 0.05) is 4.47 Å². The molecule has 3 aromatic rings. The van der Waals surface area contributed by atoms with E-state index in [0.29, 0.717) is 0 Å². The van der Waals surface area contributed by atoms with Crippen LogP contribution in [0.2, 0.25) is 0 Å². The lowest BCUT2D eigenvalue weighted by Crippen LogP contribution is -1.98. The third-order valence-corrected chi connectivity index (χ3v) is 5.06. The Morgan fingerprint density at radius 2 is 1.76 bits per heavy atom. The molecule has 0 aliphatic heterocycles. The lowest BCUT2D eigenvalue weighted by molar-refractivity contribution is 0.625. The van der Waals surface area contributed by atoms with Gasteiger partial charge in [-0.15, -0.1) is 0 Å². The van der Waals surface area contributed by atoms with Crippen LogP contribution in [0.5, 0.6) is 0 Å². The smallest absolute Gasteiger partial charge is 0.124 e. The highest BCUT2D eigenvalue weighted by Crippen LogP contribution is 2.38. The molecule has 21 heavy (non-hydrogen) atoms. The molecular formula is C18H13Br2F. The Kier molecular flexibility index (Phi) is 4.14. The summed E-state index contributed by atoms with van der Waals surface area (Å²) in [5.74, 6) is -0.235. The molecule has 0 nitrogen and oxygen atoms in total. The second-order valence-corrected chi connectivity index (χ2v) is 6.91. The molecule has 0 radical (unpaired) electrons. The third kappa shape index (κ3) is 2.90. The van der Waals surface area contributed by atoms with Crippen molar-refractivity contribution in [3.63, 3.8) is 0 Å². The van der Waals surface area contributed by atoms with Crippen LogP contribution in [0.1, 0.15) is 21.5 Å². The first kappa shape index (κ1) is 14.7. The molecule has 0 heterocycles. The van der Waals surface area contributed by atoms with Crippen molar-refractivity contribution in [2.75, 3.05) is 0 Å². The Morgan fingerprint density at radius 1 is 1.00 bits per heavy atom. The van der Waals surface area contributed by atoms with E-state index in [9.17, 15) is 4.39 Å². The van der Waals surface area contributed by atoms with Gasteiger partial charge in [0.2, 0.25) is 0 Å². The molecule has 0 aromatic heterocycles. The van der Waals surface area contributed by atoms with Crippen molar-refractivity contribution in [3.05, 3.63) is 81.6 Å². The van der Waals surface area contributed by atoms with E-state index in [1.807, 2.05) is 18.2 Å². The lowest BCUT2D eigenvalue weighted by Gasteiger charge is -2.17. The van der Waals surface area contributed by atoms with Crippen molar-refractivity contribution in [2.45, 2.75) is 11.8 Å². The summed E-state index contributed by atoms with van der Waals surface area (Å²) in [6.07, 6.45) is 0. The molecule has 0 bridgehead atoms. The van der Waals surface area contributed by atoms with Gasteiger partial charge in [-0.3, -0.25) is 0 Å². The summed E-state index contributed by atoms with van der Waals surface area (Å²) in [6, 6.07) is 17.5. The molecule has 0 spiro atoms. The zero-order valence-electron chi connectivity index (χ0n) is 11.4. The predicted octanol–water partition coefficient (Wildman–Crippen LogP) is 6.53. The monoisotopic (exact) mass is 406 g/mol. The number of rotatable bonds is 2. The van der Waals surface area contributed by atoms with E-state index >= 15 is 0 Å². The standard InChI is InChI=1S/C18H13Br2F/c1-11-6-7-12-4-2-3-5-16(12)17(11)18(20)13-8-14(19)10-15(21)9-13/h2-10,18H,1H3. The minimum absolute atomic E-state index is 0.0457. The number of hydrogen-bond acceptors (Lipinski definition) is 0. The van der Waals surface area contributed by atoms with Crippen LogP contribution < -0.4 is 0 Å². The van der Waals surface area contributed by atoms with Crippen LogP contribution >= 0.6 is 31.9 Å². The van der Waals surface area contributed by atoms with Crippen LogP contribution in [0.15, 0.2) is 59.1 Å². The van der Waals surface area contributed by atoms with Gasteiger partial charge in [-0.1, -0.05) is 68.3 Å². The highest BCUT2D eigenvalue weighted by molar-refractivity contribution is 9.10. The van der Waals surface area contributed by atoms with Gasteiger partial charge in [0.25, 0.3) is 0 Å². The van der Waals surface area contributed by atoms with Crippen LogP contribution in [0.25, 0.3) is 10.8 Å². The van der Waals surface area contributed by atoms with Gasteiger partial charge in [0.1, 0.15) is 5.82 Å². The molecule has 0 fully saturated rings. The van der Waals surface area contributed by atoms with Crippen LogP contribution in [0.3, 0.4) is 0 Å². The minimum Gasteiger partial charge on any atom is -0.207 e. The van der Waals surface area contributed by atoms with E-state index in [1.54, 1.807) is 6.07 Å². The molecular weight excluding hydrogens is 395 g/mol. The summed E-state index contributed by atoms with van der Waals surface area (Å²) in [4.78, 5) is -0.0457. The third-order valence-electron chi connectivity index (χ3n) is 3.62. The first-order chi connectivity index (χ1) is 10.1. The molecule has 0 N–H and O–H groups in total. The Balaban J connectivity index is 2.21. The Labute approximate surface area is 140 Å². The average Bonchev–Trinajstić information content (AvgIpc) is 2.45. The molecule has 3 aromatic carbocycles. The summed E-state index contributed by atoms with van der Waals surface area (Å²) in [7, 11) is 0. The van der Waals surface area contributed by atoms with E-state index in [2.05, 4.69) is 63.0 Å². The van der Waals surface area contributed by atoms with Crippen molar-refractivity contribution in [1.29, 1.82) is 0 Å². The minimum atomic E-state index is -0.235. The van der Waals surface area contributed by atoms with Gasteiger partial charge < -0.3 is 0 Å². The van der Waals surface area contributed by atoms with E-state index in [1.165, 1.54) is 28.0 Å². The number of aryl methyl sites for hydroxylation is 1. The number of halogens is 3. The normalized spacial score (nSPS) is 12.6. The molecule has 3 heteroatoms. The number of alkyl halides is 1. The molecule has 1 unspecified atom stereocenters. The van der Waals surface area contributed by atoms with Crippen molar-refractivity contribution in [2.24, 2.45) is 0 Å². The van der Waals surface area contributed by atoms with E-state index in [4.69, 9.17) is 0 Å². The van der Waals surface area contributed by atoms with Gasteiger partial charge in [0.05, 0.1) is 4.83 Å². The van der Waals surface area contributed by atoms with Crippen molar-refractivity contribution in [1.82, 2.24) is 0 Å². The summed E-state index contributed by atoms with van der Waals surface area (Å²) in [5.41, 5.74) is 3.28. The largest absolute Gasteiger partial charge is 0.207 e. The van der Waals surface area contributed by atoms with Crippen LogP contribution in [-0.2, 0) is 0 Å². The molecule has 0 aliphatic rings. The fourth-order valence-corrected chi connectivity index (χ4v) is 3.98. The van der Waals surface area contributed by atoms with E-state index in [-0.39, 0.29) is 10.6 Å². The summed E-state index contributed by atoms with van der Waals surface area (Å²) >= 11 is 7.11. The second-order valence-electron chi connectivity index (χ2n) is 5.08. The van der Waals surface area contributed by atoms with Gasteiger partial charge >= 0.3 is 0 Å². The first-order valence-corrected chi connectivity index (χ1v) is 8.35. The molecule has 0 saturated carbocycles. The lowest BCUT2D eigenvalue weighted by atomic mass is 9.94. The molecule has 106 valence electrons. The zero-order chi connectivity index (χ0) is 15.0. The topological polar surface area (TPSA) is 0 Å². The Morgan fingerprint density at radius 3 is 2.52 bits per heavy atom. The van der Waals surface area contributed by atoms with Crippen LogP contribution in [0.4, 0.5) is 4.39 Å². The van der Waals surface area contributed by atoms with Crippen LogP contribution in [0, 0.1) is 12.7 Å². The number of hydrogen-bond donors (Lipinski definition) is 0. The van der Waals surface area contributed by atoms with Gasteiger partial charge in [-0.25, -0.2) is 4.39 Å². The van der Waals surface area contributed by atoms with E-state index in [0.717, 1.165) is 10.0 Å². The molecule has 0 saturated heterocycles. The molecule has 0 amide bonds. The SMILES string of the molecule is Cc1ccc2ccccc2c1C(Br)c1cc(F)cc(Br)c1. The van der Waals surface area contributed by atoms with Crippen LogP contribution in [-0.4, -0.2) is 0 Å². The summed E-state index contributed by atoms with van der Waals surface area (Å²) in [5, 5.41) is 2.39. The van der Waals surface area contributed by atoms with Gasteiger partial charge in [0.15, 0.2) is 0 Å². The summed E-state index contributed by atoms with van der Waals surface area (Å²) < 4.78 is 14.4. The maximum atomic E-state index is 13.7. The van der Waals surface area contributed by atoms with Crippen molar-refractivity contribution >= 4 is 42.6 Å². The molecule has 0 aliphatic carbocycles. The quantitative estimate of drug-likeness (QED) is 0.423. The maximum Gasteiger partial charge on any atom is 0.124 e. The summed E-state index contributed by atoms with van der Waals surface area (Å²) in [6.45, 7) is 2.09. The highest BCUT2D eigenvalue weighted by atomic mass is 79.9. The first-order valence-electron chi connectivity index (χ1n) is 6.64. The highest BCUT2D eigenvalue weighted by Gasteiger charge is 2.17. The average molecular weight is 408 g/mol. The Hall–Kier alpha value is -1.19. The molecule has 1 atom stereocenters. The number of benzene rings is 3. The van der Waals surface area contributed by atoms with E-state index < -0.39 is 0 Å². The van der Waals surface area contributed by atoms with Crippen molar-refractivity contribution in [3.8, 4) is 0 Å². The maximum absolute atomic E-state index is 13.7. The fraction of sp³-hybridized carbons (Fsp3) is 0.111. The van der Waals surface area contributed by atoms with Crippen molar-refractivity contribution < 1.29 is 4.39 Å². The van der Waals surface area contributed by atoms with Gasteiger partial charge in [-0.05, 0) is 52.6 Å².